The summed E-state index contributed by atoms with van der Waals surface area (Å²) in [5, 5.41) is 13.2. The second kappa shape index (κ2) is 7.28. The van der Waals surface area contributed by atoms with Gasteiger partial charge in [-0.15, -0.1) is 11.8 Å². The lowest BCUT2D eigenvalue weighted by molar-refractivity contribution is 0.383. The molecule has 0 bridgehead atoms. The van der Waals surface area contributed by atoms with E-state index in [4.69, 9.17) is 5.73 Å². The normalized spacial score (nSPS) is 16.2. The van der Waals surface area contributed by atoms with Crippen molar-refractivity contribution in [1.29, 1.82) is 0 Å². The third kappa shape index (κ3) is 2.88. The van der Waals surface area contributed by atoms with Gasteiger partial charge in [-0.25, -0.2) is 0 Å². The number of nitrogens with zero attached hydrogens (tertiary/aromatic N) is 2. The Balaban J connectivity index is 2.05. The zero-order valence-corrected chi connectivity index (χ0v) is 15.8. The number of nitrogens with two attached hydrogens (primary N) is 1. The Kier molecular flexibility index (Phi) is 5.30. The van der Waals surface area contributed by atoms with E-state index in [1.807, 2.05) is 6.07 Å². The third-order valence-electron chi connectivity index (χ3n) is 5.41. The Morgan fingerprint density at radius 3 is 2.58 bits per heavy atom. The number of phenolic OH excluding ortho intramolecular Hbond substituents is 1. The number of hydrogen-bond donors (Lipinski definition) is 2. The lowest BCUT2D eigenvalue weighted by atomic mass is 9.93. The fourth-order valence-electron chi connectivity index (χ4n) is 4.17. The maximum atomic E-state index is 10.6. The van der Waals surface area contributed by atoms with Crippen molar-refractivity contribution in [2.75, 3.05) is 30.8 Å². The monoisotopic (exact) mass is 347 g/mol. The van der Waals surface area contributed by atoms with Gasteiger partial charge in [0.1, 0.15) is 11.4 Å². The number of benzene rings is 1. The first kappa shape index (κ1) is 17.5. The minimum absolute atomic E-state index is 0.399. The minimum atomic E-state index is 0.399. The average Bonchev–Trinajstić information content (AvgIpc) is 2.87. The highest BCUT2D eigenvalue weighted by Crippen LogP contribution is 2.42. The summed E-state index contributed by atoms with van der Waals surface area (Å²) in [5.74, 6) is 1.13. The van der Waals surface area contributed by atoms with E-state index < -0.39 is 0 Å². The molecule has 132 valence electrons. The largest absolute Gasteiger partial charge is 0.506 e. The maximum Gasteiger partial charge on any atom is 0.141 e. The molecule has 1 aliphatic rings. The number of phenols is 1. The number of aromatic hydroxyl groups is 1. The Bertz CT molecular complexity index is 717. The van der Waals surface area contributed by atoms with Crippen molar-refractivity contribution in [3.05, 3.63) is 17.7 Å². The molecule has 0 atom stereocenters. The van der Waals surface area contributed by atoms with Gasteiger partial charge in [-0.1, -0.05) is 6.92 Å². The van der Waals surface area contributed by atoms with E-state index in [1.54, 1.807) is 11.8 Å². The summed E-state index contributed by atoms with van der Waals surface area (Å²) < 4.78 is 2.26. The van der Waals surface area contributed by atoms with Gasteiger partial charge < -0.3 is 20.3 Å². The highest BCUT2D eigenvalue weighted by atomic mass is 32.2. The molecule has 0 amide bonds. The van der Waals surface area contributed by atoms with E-state index in [9.17, 15) is 5.11 Å². The number of anilines is 1. The van der Waals surface area contributed by atoms with Crippen LogP contribution in [0.3, 0.4) is 0 Å². The molecule has 0 radical (unpaired) electrons. The van der Waals surface area contributed by atoms with E-state index in [0.29, 0.717) is 5.75 Å². The van der Waals surface area contributed by atoms with E-state index in [2.05, 4.69) is 35.8 Å². The van der Waals surface area contributed by atoms with Gasteiger partial charge in [0, 0.05) is 25.5 Å². The number of piperidine rings is 1. The zero-order valence-electron chi connectivity index (χ0n) is 15.0. The molecule has 0 spiro atoms. The standard InChI is InChI=1S/C19H29N3OS/c1-4-14-15-5-6-16(23)18(17(15)21(2)19(14)24-3)22-11-8-13(7-10-20)9-12-22/h5-6,13,23H,4,7-12,20H2,1-3H3. The molecule has 1 saturated heterocycles. The smallest absolute Gasteiger partial charge is 0.141 e. The molecular weight excluding hydrogens is 318 g/mol. The Labute approximate surface area is 149 Å². The molecule has 2 heterocycles. The number of aromatic nitrogens is 1. The molecule has 1 aliphatic heterocycles. The molecule has 4 nitrogen and oxygen atoms in total. The molecule has 1 fully saturated rings. The van der Waals surface area contributed by atoms with Gasteiger partial charge in [-0.3, -0.25) is 0 Å². The van der Waals surface area contributed by atoms with Crippen molar-refractivity contribution in [2.24, 2.45) is 18.7 Å². The van der Waals surface area contributed by atoms with Crippen LogP contribution in [0.25, 0.3) is 10.9 Å². The van der Waals surface area contributed by atoms with Crippen LogP contribution in [0.4, 0.5) is 5.69 Å². The molecule has 2 aromatic rings. The van der Waals surface area contributed by atoms with Crippen LogP contribution in [0.1, 0.15) is 31.7 Å². The van der Waals surface area contributed by atoms with Crippen LogP contribution in [0.5, 0.6) is 5.75 Å². The molecule has 5 heteroatoms. The summed E-state index contributed by atoms with van der Waals surface area (Å²) >= 11 is 1.79. The zero-order chi connectivity index (χ0) is 17.3. The number of thioether (sulfide) groups is 1. The van der Waals surface area contributed by atoms with Crippen LogP contribution in [0.15, 0.2) is 17.2 Å². The maximum absolute atomic E-state index is 10.6. The van der Waals surface area contributed by atoms with Gasteiger partial charge in [0.15, 0.2) is 0 Å². The minimum Gasteiger partial charge on any atom is -0.506 e. The predicted octanol–water partition coefficient (Wildman–Crippen LogP) is 3.73. The molecule has 24 heavy (non-hydrogen) atoms. The van der Waals surface area contributed by atoms with Gasteiger partial charge in [0.2, 0.25) is 0 Å². The Morgan fingerprint density at radius 2 is 2.00 bits per heavy atom. The molecule has 0 saturated carbocycles. The highest BCUT2D eigenvalue weighted by Gasteiger charge is 2.25. The number of fused-ring (bicyclic) bond motifs is 1. The molecule has 1 aromatic heterocycles. The van der Waals surface area contributed by atoms with Crippen molar-refractivity contribution in [3.63, 3.8) is 0 Å². The summed E-state index contributed by atoms with van der Waals surface area (Å²) in [7, 11) is 2.12. The molecule has 0 aliphatic carbocycles. The summed E-state index contributed by atoms with van der Waals surface area (Å²) in [4.78, 5) is 2.37. The molecule has 1 aromatic carbocycles. The summed E-state index contributed by atoms with van der Waals surface area (Å²) in [6, 6.07) is 3.95. The second-order valence-corrected chi connectivity index (χ2v) is 7.53. The SMILES string of the molecule is CCc1c(SC)n(C)c2c(N3CCC(CCN)CC3)c(O)ccc12. The van der Waals surface area contributed by atoms with Crippen LogP contribution >= 0.6 is 11.8 Å². The van der Waals surface area contributed by atoms with E-state index in [0.717, 1.165) is 56.9 Å². The quantitative estimate of drug-likeness (QED) is 0.809. The van der Waals surface area contributed by atoms with Gasteiger partial charge >= 0.3 is 0 Å². The van der Waals surface area contributed by atoms with E-state index in [-0.39, 0.29) is 0 Å². The van der Waals surface area contributed by atoms with Crippen molar-refractivity contribution in [2.45, 2.75) is 37.6 Å². The first-order valence-corrected chi connectivity index (χ1v) is 10.2. The van der Waals surface area contributed by atoms with Crippen LogP contribution < -0.4 is 10.6 Å². The molecule has 3 N–H and O–H groups in total. The molecule has 3 rings (SSSR count). The Morgan fingerprint density at radius 1 is 1.29 bits per heavy atom. The van der Waals surface area contributed by atoms with Gasteiger partial charge in [-0.05, 0) is 62.1 Å². The summed E-state index contributed by atoms with van der Waals surface area (Å²) in [6.07, 6.45) is 6.58. The van der Waals surface area contributed by atoms with Crippen molar-refractivity contribution in [3.8, 4) is 5.75 Å². The van der Waals surface area contributed by atoms with Gasteiger partial charge in [0.25, 0.3) is 0 Å². The van der Waals surface area contributed by atoms with Crippen LogP contribution in [0, 0.1) is 5.92 Å². The third-order valence-corrected chi connectivity index (χ3v) is 6.31. The first-order valence-electron chi connectivity index (χ1n) is 8.94. The van der Waals surface area contributed by atoms with Crippen molar-refractivity contribution >= 4 is 28.4 Å². The topological polar surface area (TPSA) is 54.4 Å². The first-order chi connectivity index (χ1) is 11.6. The molecule has 0 unspecified atom stereocenters. The summed E-state index contributed by atoms with van der Waals surface area (Å²) in [5.41, 5.74) is 9.29. The predicted molar refractivity (Wildman–Crippen MR) is 104 cm³/mol. The lowest BCUT2D eigenvalue weighted by Gasteiger charge is -2.34. The summed E-state index contributed by atoms with van der Waals surface area (Å²) in [6.45, 7) is 4.98. The van der Waals surface area contributed by atoms with Gasteiger partial charge in [0.05, 0.1) is 10.5 Å². The fraction of sp³-hybridized carbons (Fsp3) is 0.579. The average molecular weight is 348 g/mol. The Hall–Kier alpha value is -1.33. The fourth-order valence-corrected chi connectivity index (χ4v) is 5.03. The second-order valence-electron chi connectivity index (χ2n) is 6.74. The van der Waals surface area contributed by atoms with Crippen LogP contribution in [-0.2, 0) is 13.5 Å². The molecular formula is C19H29N3OS. The van der Waals surface area contributed by atoms with Crippen molar-refractivity contribution < 1.29 is 5.11 Å². The highest BCUT2D eigenvalue weighted by molar-refractivity contribution is 7.98. The van der Waals surface area contributed by atoms with Crippen LogP contribution in [-0.4, -0.2) is 35.6 Å². The number of rotatable bonds is 5. The number of aryl methyl sites for hydroxylation is 2. The van der Waals surface area contributed by atoms with Gasteiger partial charge in [-0.2, -0.15) is 0 Å². The van der Waals surface area contributed by atoms with Crippen LogP contribution in [0.2, 0.25) is 0 Å². The van der Waals surface area contributed by atoms with Crippen molar-refractivity contribution in [1.82, 2.24) is 4.57 Å². The lowest BCUT2D eigenvalue weighted by Crippen LogP contribution is -2.34. The van der Waals surface area contributed by atoms with E-state index in [1.165, 1.54) is 21.5 Å². The number of hydrogen-bond acceptors (Lipinski definition) is 4. The van der Waals surface area contributed by atoms with E-state index >= 15 is 0 Å².